The van der Waals surface area contributed by atoms with Gasteiger partial charge in [-0.05, 0) is 64.9 Å². The minimum absolute atomic E-state index is 0.0312. The molecule has 3 aromatic heterocycles. The van der Waals surface area contributed by atoms with Crippen molar-refractivity contribution in [3.8, 4) is 6.07 Å². The van der Waals surface area contributed by atoms with Gasteiger partial charge in [0.15, 0.2) is 5.82 Å². The molecule has 14 heteroatoms. The number of nitrogens with one attached hydrogen (secondary N) is 2. The molecule has 6 N–H and O–H groups in total. The number of hydrogen-bond donors (Lipinski definition) is 4. The number of nitrogens with two attached hydrogens (primary N) is 2. The van der Waals surface area contributed by atoms with Gasteiger partial charge >= 0.3 is 5.97 Å². The molecule has 0 radical (unpaired) electrons. The van der Waals surface area contributed by atoms with E-state index in [0.717, 1.165) is 41.3 Å². The predicted molar refractivity (Wildman–Crippen MR) is 165 cm³/mol. The zero-order valence-corrected chi connectivity index (χ0v) is 24.5. The molecule has 0 fully saturated rings. The van der Waals surface area contributed by atoms with Crippen LogP contribution >= 0.6 is 0 Å². The first-order valence-corrected chi connectivity index (χ1v) is 14.5. The van der Waals surface area contributed by atoms with Crippen LogP contribution in [0, 0.1) is 11.3 Å². The summed E-state index contributed by atoms with van der Waals surface area (Å²) < 4.78 is 6.88. The maximum atomic E-state index is 13.3. The van der Waals surface area contributed by atoms with Crippen molar-refractivity contribution in [2.24, 2.45) is 0 Å². The summed E-state index contributed by atoms with van der Waals surface area (Å²) in [4.78, 5) is 37.2. The fourth-order valence-corrected chi connectivity index (χ4v) is 5.00. The lowest BCUT2D eigenvalue weighted by atomic mass is 10.0. The fourth-order valence-electron chi connectivity index (χ4n) is 5.00. The smallest absolute Gasteiger partial charge is 0.306 e. The average Bonchev–Trinajstić information content (AvgIpc) is 3.69. The molecule has 45 heavy (non-hydrogen) atoms. The molecule has 0 aliphatic rings. The third-order valence-corrected chi connectivity index (χ3v) is 7.28. The van der Waals surface area contributed by atoms with Gasteiger partial charge in [-0.3, -0.25) is 9.59 Å². The lowest BCUT2D eigenvalue weighted by Crippen LogP contribution is -2.31. The molecule has 5 aromatic rings. The molecular formula is C31H33N11O3. The average molecular weight is 608 g/mol. The van der Waals surface area contributed by atoms with Crippen molar-refractivity contribution >= 4 is 34.7 Å². The standard InChI is InChI=1S/C31H33N11O3/c32-16-5-17-42-29(39-40-41-42)24(14-15-25(43)45-19-21-6-2-1-3-7-21)36-30(44)22-12-10-20(11-13-22)8-4-9-23-18-35-28-26(23)27(33)37-31(34)38-28/h1-3,6-7,10-13,18,24H,4-5,8-9,14-15,17,19H2,(H,36,44)(H5,33,34,35,37,38)/t24-/m0/s1. The highest BCUT2D eigenvalue weighted by molar-refractivity contribution is 5.94. The van der Waals surface area contributed by atoms with E-state index in [9.17, 15) is 9.59 Å². The molecule has 2 aromatic carbocycles. The molecule has 0 spiro atoms. The van der Waals surface area contributed by atoms with E-state index in [1.807, 2.05) is 48.7 Å². The molecule has 0 saturated heterocycles. The number of anilines is 2. The minimum atomic E-state index is -0.682. The van der Waals surface area contributed by atoms with Gasteiger partial charge < -0.3 is 26.5 Å². The number of fused-ring (bicyclic) bond motifs is 1. The van der Waals surface area contributed by atoms with E-state index in [0.29, 0.717) is 22.9 Å². The maximum absolute atomic E-state index is 13.3. The summed E-state index contributed by atoms with van der Waals surface area (Å²) in [5.74, 6) is 0.0866. The van der Waals surface area contributed by atoms with Crippen LogP contribution < -0.4 is 16.8 Å². The van der Waals surface area contributed by atoms with Crippen LogP contribution in [0.1, 0.15) is 64.6 Å². The highest BCUT2D eigenvalue weighted by Gasteiger charge is 2.23. The van der Waals surface area contributed by atoms with Gasteiger partial charge in [-0.25, -0.2) is 4.68 Å². The quantitative estimate of drug-likeness (QED) is 0.134. The number of nitrogen functional groups attached to an aromatic ring is 2. The number of H-pyrrole nitrogens is 1. The second-order valence-electron chi connectivity index (χ2n) is 10.4. The van der Waals surface area contributed by atoms with E-state index in [-0.39, 0.29) is 44.3 Å². The summed E-state index contributed by atoms with van der Waals surface area (Å²) in [7, 11) is 0. The Hall–Kier alpha value is -5.84. The number of nitriles is 1. The first-order valence-electron chi connectivity index (χ1n) is 14.5. The molecule has 1 amide bonds. The van der Waals surface area contributed by atoms with E-state index >= 15 is 0 Å². The Morgan fingerprint density at radius 1 is 1.04 bits per heavy atom. The summed E-state index contributed by atoms with van der Waals surface area (Å²) in [5.41, 5.74) is 15.8. The van der Waals surface area contributed by atoms with E-state index in [2.05, 4.69) is 41.9 Å². The number of aryl methyl sites for hydroxylation is 3. The normalized spacial score (nSPS) is 11.6. The molecule has 5 rings (SSSR count). The summed E-state index contributed by atoms with van der Waals surface area (Å²) >= 11 is 0. The Labute approximate surface area is 258 Å². The van der Waals surface area contributed by atoms with Crippen LogP contribution in [0.4, 0.5) is 11.8 Å². The third-order valence-electron chi connectivity index (χ3n) is 7.28. The first kappa shape index (κ1) is 30.6. The molecular weight excluding hydrogens is 574 g/mol. The third kappa shape index (κ3) is 7.96. The number of aromatic nitrogens is 7. The van der Waals surface area contributed by atoms with Gasteiger partial charge in [0.1, 0.15) is 18.1 Å². The van der Waals surface area contributed by atoms with Gasteiger partial charge in [-0.2, -0.15) is 15.2 Å². The van der Waals surface area contributed by atoms with Crippen LogP contribution in [-0.4, -0.2) is 47.0 Å². The second kappa shape index (κ2) is 14.6. The molecule has 230 valence electrons. The number of carbonyl (C=O) groups is 2. The number of esters is 1. The zero-order valence-electron chi connectivity index (χ0n) is 24.5. The maximum Gasteiger partial charge on any atom is 0.306 e. The van der Waals surface area contributed by atoms with Crippen molar-refractivity contribution in [1.82, 2.24) is 40.5 Å². The number of aromatic amines is 1. The summed E-state index contributed by atoms with van der Waals surface area (Å²) in [6, 6.07) is 18.1. The Morgan fingerprint density at radius 2 is 1.84 bits per heavy atom. The molecule has 14 nitrogen and oxygen atoms in total. The monoisotopic (exact) mass is 607 g/mol. The van der Waals surface area contributed by atoms with Crippen LogP contribution in [0.3, 0.4) is 0 Å². The van der Waals surface area contributed by atoms with Crippen LogP contribution in [0.2, 0.25) is 0 Å². The number of benzene rings is 2. The lowest BCUT2D eigenvalue weighted by molar-refractivity contribution is -0.145. The molecule has 0 bridgehead atoms. The van der Waals surface area contributed by atoms with Gasteiger partial charge in [0.2, 0.25) is 5.95 Å². The number of ether oxygens (including phenoxy) is 1. The molecule has 1 atom stereocenters. The van der Waals surface area contributed by atoms with E-state index in [1.54, 1.807) is 12.1 Å². The highest BCUT2D eigenvalue weighted by Crippen LogP contribution is 2.24. The van der Waals surface area contributed by atoms with Crippen molar-refractivity contribution in [3.63, 3.8) is 0 Å². The lowest BCUT2D eigenvalue weighted by Gasteiger charge is -2.18. The number of tetrazole rings is 1. The number of carbonyl (C=O) groups excluding carboxylic acids is 2. The number of hydrogen-bond acceptors (Lipinski definition) is 11. The summed E-state index contributed by atoms with van der Waals surface area (Å²) in [6.07, 6.45) is 4.69. The summed E-state index contributed by atoms with van der Waals surface area (Å²) in [6.45, 7) is 0.410. The van der Waals surface area contributed by atoms with Gasteiger partial charge in [0.25, 0.3) is 5.91 Å². The molecule has 0 saturated carbocycles. The largest absolute Gasteiger partial charge is 0.461 e. The van der Waals surface area contributed by atoms with E-state index < -0.39 is 12.0 Å². The predicted octanol–water partition coefficient (Wildman–Crippen LogP) is 3.19. The van der Waals surface area contributed by atoms with Gasteiger partial charge in [-0.1, -0.05) is 42.5 Å². The number of rotatable bonds is 14. The van der Waals surface area contributed by atoms with Crippen LogP contribution in [-0.2, 0) is 35.5 Å². The highest BCUT2D eigenvalue weighted by atomic mass is 16.5. The Morgan fingerprint density at radius 3 is 2.62 bits per heavy atom. The Balaban J connectivity index is 1.19. The second-order valence-corrected chi connectivity index (χ2v) is 10.4. The first-order chi connectivity index (χ1) is 21.9. The van der Waals surface area contributed by atoms with E-state index in [1.165, 1.54) is 4.68 Å². The van der Waals surface area contributed by atoms with Crippen LogP contribution in [0.5, 0.6) is 0 Å². The Kier molecular flexibility index (Phi) is 9.90. The number of amides is 1. The van der Waals surface area contributed by atoms with Crippen molar-refractivity contribution in [2.75, 3.05) is 11.5 Å². The molecule has 0 aliphatic carbocycles. The zero-order chi connectivity index (χ0) is 31.6. The van der Waals surface area contributed by atoms with Gasteiger partial charge in [0, 0.05) is 18.2 Å². The molecule has 3 heterocycles. The summed E-state index contributed by atoms with van der Waals surface area (Å²) in [5, 5.41) is 24.5. The topological polar surface area (TPSA) is 216 Å². The van der Waals surface area contributed by atoms with E-state index in [4.69, 9.17) is 21.5 Å². The molecule has 0 aliphatic heterocycles. The van der Waals surface area contributed by atoms with Crippen molar-refractivity contribution in [1.29, 1.82) is 5.26 Å². The SMILES string of the molecule is N#CCCn1nnnc1[C@H](CCC(=O)OCc1ccccc1)NC(=O)c1ccc(CCCc2c[nH]c3nc(N)nc(N)c23)cc1. The van der Waals surface area contributed by atoms with Gasteiger partial charge in [-0.15, -0.1) is 5.10 Å². The minimum Gasteiger partial charge on any atom is -0.461 e. The fraction of sp³-hybridized carbons (Fsp3) is 0.290. The van der Waals surface area contributed by atoms with Crippen molar-refractivity contribution < 1.29 is 14.3 Å². The van der Waals surface area contributed by atoms with Crippen LogP contribution in [0.15, 0.2) is 60.8 Å². The van der Waals surface area contributed by atoms with Crippen molar-refractivity contribution in [2.45, 2.75) is 57.7 Å². The van der Waals surface area contributed by atoms with Crippen LogP contribution in [0.25, 0.3) is 11.0 Å². The molecule has 0 unspecified atom stereocenters. The van der Waals surface area contributed by atoms with Gasteiger partial charge in [0.05, 0.1) is 30.5 Å². The number of nitrogens with zero attached hydrogens (tertiary/aromatic N) is 7. The Bertz CT molecular complexity index is 1790. The van der Waals surface area contributed by atoms with Crippen molar-refractivity contribution in [3.05, 3.63) is 88.9 Å².